The van der Waals surface area contributed by atoms with Crippen molar-refractivity contribution in [3.8, 4) is 0 Å². The Morgan fingerprint density at radius 1 is 0.917 bits per heavy atom. The van der Waals surface area contributed by atoms with E-state index in [1.54, 1.807) is 11.8 Å². The van der Waals surface area contributed by atoms with E-state index in [4.69, 9.17) is 0 Å². The molecular formula is C28H38N4O3S. The molecule has 2 aromatic rings. The summed E-state index contributed by atoms with van der Waals surface area (Å²) in [6.07, 6.45) is 2.51. The Hall–Kier alpha value is -2.84. The summed E-state index contributed by atoms with van der Waals surface area (Å²) < 4.78 is 0. The molecule has 2 aromatic carbocycles. The third-order valence-electron chi connectivity index (χ3n) is 6.37. The highest BCUT2D eigenvalue weighted by molar-refractivity contribution is 7.99. The molecule has 194 valence electrons. The van der Waals surface area contributed by atoms with Crippen LogP contribution in [0.2, 0.25) is 0 Å². The fraction of sp³-hybridized carbons (Fsp3) is 0.464. The number of nitrogens with one attached hydrogen (secondary N) is 2. The van der Waals surface area contributed by atoms with Crippen molar-refractivity contribution in [2.75, 3.05) is 43.8 Å². The summed E-state index contributed by atoms with van der Waals surface area (Å²) in [5.74, 6) is 0.167. The van der Waals surface area contributed by atoms with Crippen LogP contribution in [-0.4, -0.2) is 72.0 Å². The summed E-state index contributed by atoms with van der Waals surface area (Å²) in [6.45, 7) is 8.43. The summed E-state index contributed by atoms with van der Waals surface area (Å²) in [7, 11) is 0. The van der Waals surface area contributed by atoms with Crippen LogP contribution in [0.3, 0.4) is 0 Å². The van der Waals surface area contributed by atoms with Gasteiger partial charge < -0.3 is 15.5 Å². The zero-order valence-electron chi connectivity index (χ0n) is 21.6. The molecule has 7 nitrogen and oxygen atoms in total. The lowest BCUT2D eigenvalue weighted by molar-refractivity contribution is -0.135. The number of rotatable bonds is 10. The molecule has 1 atom stereocenters. The maximum Gasteiger partial charge on any atom is 0.246 e. The van der Waals surface area contributed by atoms with Crippen LogP contribution >= 0.6 is 11.8 Å². The molecule has 1 unspecified atom stereocenters. The number of hydrogen-bond acceptors (Lipinski definition) is 5. The van der Waals surface area contributed by atoms with Gasteiger partial charge in [0.05, 0.1) is 6.54 Å². The van der Waals surface area contributed by atoms with Crippen LogP contribution in [0.1, 0.15) is 38.3 Å². The van der Waals surface area contributed by atoms with E-state index in [9.17, 15) is 14.4 Å². The Balaban J connectivity index is 1.57. The molecule has 1 aliphatic heterocycles. The number of aryl methyl sites for hydroxylation is 2. The summed E-state index contributed by atoms with van der Waals surface area (Å²) in [5.41, 5.74) is 3.23. The molecule has 1 aliphatic rings. The predicted octanol–water partition coefficient (Wildman–Crippen LogP) is 3.58. The molecule has 1 saturated heterocycles. The molecule has 0 aromatic heterocycles. The minimum absolute atomic E-state index is 0.0271. The van der Waals surface area contributed by atoms with Crippen LogP contribution in [0.15, 0.2) is 53.4 Å². The van der Waals surface area contributed by atoms with E-state index >= 15 is 0 Å². The average Bonchev–Trinajstić information content (AvgIpc) is 3.12. The maximum atomic E-state index is 13.3. The monoisotopic (exact) mass is 510 g/mol. The Kier molecular flexibility index (Phi) is 10.8. The Bertz CT molecular complexity index is 1010. The van der Waals surface area contributed by atoms with Gasteiger partial charge in [-0.2, -0.15) is 0 Å². The van der Waals surface area contributed by atoms with E-state index in [0.29, 0.717) is 31.9 Å². The summed E-state index contributed by atoms with van der Waals surface area (Å²) >= 11 is 1.56. The lowest BCUT2D eigenvalue weighted by Gasteiger charge is -2.26. The average molecular weight is 511 g/mol. The summed E-state index contributed by atoms with van der Waals surface area (Å²) in [4.78, 5) is 43.0. The van der Waals surface area contributed by atoms with Crippen LogP contribution in [0.4, 0.5) is 5.69 Å². The van der Waals surface area contributed by atoms with Crippen molar-refractivity contribution < 1.29 is 14.4 Å². The van der Waals surface area contributed by atoms with Gasteiger partial charge in [-0.05, 0) is 42.5 Å². The Labute approximate surface area is 219 Å². The van der Waals surface area contributed by atoms with Crippen LogP contribution in [0.5, 0.6) is 0 Å². The zero-order chi connectivity index (χ0) is 25.9. The number of hydrogen-bond donors (Lipinski definition) is 2. The number of nitrogens with zero attached hydrogens (tertiary/aromatic N) is 2. The number of thioether (sulfide) groups is 1. The van der Waals surface area contributed by atoms with E-state index in [2.05, 4.69) is 41.5 Å². The molecule has 0 saturated carbocycles. The number of anilines is 1. The first-order valence-electron chi connectivity index (χ1n) is 12.8. The molecular weight excluding hydrogens is 472 g/mol. The SMILES string of the molecule is CCc1cccc(CC)c1NC(=O)CN1CCCN(C(=O)C(CSc2ccccc2)NC(C)=O)CC1. The van der Waals surface area contributed by atoms with Crippen molar-refractivity contribution in [1.29, 1.82) is 0 Å². The standard InChI is InChI=1S/C28H38N4O3S/c1-4-22-11-9-12-23(5-2)27(22)30-26(34)19-31-15-10-16-32(18-17-31)28(35)25(29-21(3)33)20-36-24-13-7-6-8-14-24/h6-9,11-14,25H,4-5,10,15-20H2,1-3H3,(H,29,33)(H,30,34). The first-order chi connectivity index (χ1) is 17.4. The van der Waals surface area contributed by atoms with Crippen LogP contribution < -0.4 is 10.6 Å². The summed E-state index contributed by atoms with van der Waals surface area (Å²) in [5, 5.41) is 5.97. The maximum absolute atomic E-state index is 13.3. The number of para-hydroxylation sites is 1. The van der Waals surface area contributed by atoms with Crippen LogP contribution in [0.25, 0.3) is 0 Å². The lowest BCUT2D eigenvalue weighted by atomic mass is 10.0. The second-order valence-corrected chi connectivity index (χ2v) is 10.1. The van der Waals surface area contributed by atoms with E-state index in [0.717, 1.165) is 47.5 Å². The largest absolute Gasteiger partial charge is 0.344 e. The molecule has 3 rings (SSSR count). The van der Waals surface area contributed by atoms with E-state index in [1.165, 1.54) is 6.92 Å². The minimum Gasteiger partial charge on any atom is -0.344 e. The van der Waals surface area contributed by atoms with E-state index in [-0.39, 0.29) is 17.7 Å². The fourth-order valence-electron chi connectivity index (χ4n) is 4.47. The summed E-state index contributed by atoms with van der Waals surface area (Å²) in [6, 6.07) is 15.4. The normalized spacial score (nSPS) is 15.1. The van der Waals surface area contributed by atoms with Gasteiger partial charge in [0.2, 0.25) is 17.7 Å². The van der Waals surface area contributed by atoms with Crippen LogP contribution in [-0.2, 0) is 27.2 Å². The number of carbonyl (C=O) groups excluding carboxylic acids is 3. The highest BCUT2D eigenvalue weighted by Crippen LogP contribution is 2.23. The molecule has 0 aliphatic carbocycles. The third-order valence-corrected chi connectivity index (χ3v) is 7.47. The number of benzene rings is 2. The molecule has 1 fully saturated rings. The molecule has 36 heavy (non-hydrogen) atoms. The molecule has 1 heterocycles. The third kappa shape index (κ3) is 8.10. The van der Waals surface area contributed by atoms with E-state index < -0.39 is 6.04 Å². The van der Waals surface area contributed by atoms with Crippen molar-refractivity contribution in [2.45, 2.75) is 51.0 Å². The number of amides is 3. The topological polar surface area (TPSA) is 81.8 Å². The van der Waals surface area contributed by atoms with Gasteiger partial charge in [0.15, 0.2) is 0 Å². The van der Waals surface area contributed by atoms with Gasteiger partial charge in [0.25, 0.3) is 0 Å². The van der Waals surface area contributed by atoms with Gasteiger partial charge in [-0.15, -0.1) is 11.8 Å². The van der Waals surface area contributed by atoms with Crippen molar-refractivity contribution in [3.05, 3.63) is 59.7 Å². The first kappa shape index (κ1) is 27.7. The van der Waals surface area contributed by atoms with E-state index in [1.807, 2.05) is 41.3 Å². The Morgan fingerprint density at radius 3 is 2.25 bits per heavy atom. The second-order valence-electron chi connectivity index (χ2n) is 9.04. The Morgan fingerprint density at radius 2 is 1.61 bits per heavy atom. The van der Waals surface area contributed by atoms with Crippen molar-refractivity contribution in [2.24, 2.45) is 0 Å². The molecule has 0 radical (unpaired) electrons. The number of carbonyl (C=O) groups is 3. The van der Waals surface area contributed by atoms with Gasteiger partial charge in [0.1, 0.15) is 6.04 Å². The smallest absolute Gasteiger partial charge is 0.246 e. The highest BCUT2D eigenvalue weighted by Gasteiger charge is 2.27. The fourth-order valence-corrected chi connectivity index (χ4v) is 5.41. The predicted molar refractivity (Wildman–Crippen MR) is 146 cm³/mol. The van der Waals surface area contributed by atoms with Crippen molar-refractivity contribution in [1.82, 2.24) is 15.1 Å². The zero-order valence-corrected chi connectivity index (χ0v) is 22.4. The van der Waals surface area contributed by atoms with Gasteiger partial charge in [-0.1, -0.05) is 50.2 Å². The van der Waals surface area contributed by atoms with Gasteiger partial charge >= 0.3 is 0 Å². The van der Waals surface area contributed by atoms with Crippen molar-refractivity contribution in [3.63, 3.8) is 0 Å². The molecule has 0 spiro atoms. The molecule has 8 heteroatoms. The van der Waals surface area contributed by atoms with Gasteiger partial charge in [0, 0.05) is 49.4 Å². The molecule has 0 bridgehead atoms. The van der Waals surface area contributed by atoms with Crippen molar-refractivity contribution >= 4 is 35.2 Å². The highest BCUT2D eigenvalue weighted by atomic mass is 32.2. The minimum atomic E-state index is -0.583. The first-order valence-corrected chi connectivity index (χ1v) is 13.8. The molecule has 2 N–H and O–H groups in total. The van der Waals surface area contributed by atoms with Crippen LogP contribution in [0, 0.1) is 0 Å². The quantitative estimate of drug-likeness (QED) is 0.478. The van der Waals surface area contributed by atoms with Gasteiger partial charge in [-0.3, -0.25) is 19.3 Å². The second kappa shape index (κ2) is 14.0. The van der Waals surface area contributed by atoms with Gasteiger partial charge in [-0.25, -0.2) is 0 Å². The lowest BCUT2D eigenvalue weighted by Crippen LogP contribution is -2.50. The molecule has 3 amide bonds.